The predicted molar refractivity (Wildman–Crippen MR) is 85.6 cm³/mol. The summed E-state index contributed by atoms with van der Waals surface area (Å²) < 4.78 is 1.86. The summed E-state index contributed by atoms with van der Waals surface area (Å²) in [6.07, 6.45) is 2.99. The van der Waals surface area contributed by atoms with Crippen molar-refractivity contribution in [2.24, 2.45) is 7.05 Å². The van der Waals surface area contributed by atoms with Crippen LogP contribution in [0.5, 0.6) is 0 Å². The normalized spacial score (nSPS) is 10.7. The second-order valence-electron chi connectivity index (χ2n) is 5.11. The summed E-state index contributed by atoms with van der Waals surface area (Å²) in [5, 5.41) is 11.1. The van der Waals surface area contributed by atoms with Gasteiger partial charge in [0.15, 0.2) is 0 Å². The first-order chi connectivity index (χ1) is 10.0. The molecule has 2 aromatic heterocycles. The van der Waals surface area contributed by atoms with E-state index in [0.29, 0.717) is 0 Å². The highest BCUT2D eigenvalue weighted by atomic mass is 15.3. The fourth-order valence-electron chi connectivity index (χ4n) is 2.35. The van der Waals surface area contributed by atoms with E-state index in [-0.39, 0.29) is 0 Å². The molecule has 0 fully saturated rings. The standard InChI is InChI=1S/C15H24N6/c1-6-13-12(9-21(5)20-13)8-17-15-10(3)14(16-7-2)18-11(4)19-15/h9H,6-8H2,1-5H3,(H2,16,17,18,19). The van der Waals surface area contributed by atoms with Crippen LogP contribution in [0.2, 0.25) is 0 Å². The number of nitrogens with zero attached hydrogens (tertiary/aromatic N) is 4. The quantitative estimate of drug-likeness (QED) is 0.854. The van der Waals surface area contributed by atoms with E-state index in [2.05, 4.69) is 45.7 Å². The zero-order valence-electron chi connectivity index (χ0n) is 13.5. The Morgan fingerprint density at radius 2 is 1.76 bits per heavy atom. The van der Waals surface area contributed by atoms with Crippen molar-refractivity contribution in [2.75, 3.05) is 17.2 Å². The van der Waals surface area contributed by atoms with Gasteiger partial charge in [-0.1, -0.05) is 6.92 Å². The highest BCUT2D eigenvalue weighted by Gasteiger charge is 2.10. The summed E-state index contributed by atoms with van der Waals surface area (Å²) in [6, 6.07) is 0. The Hall–Kier alpha value is -2.11. The molecule has 114 valence electrons. The molecule has 0 atom stereocenters. The van der Waals surface area contributed by atoms with E-state index in [9.17, 15) is 0 Å². The SMILES string of the molecule is CCNc1nc(C)nc(NCc2cn(C)nc2CC)c1C. The second kappa shape index (κ2) is 6.56. The summed E-state index contributed by atoms with van der Waals surface area (Å²) in [7, 11) is 1.95. The van der Waals surface area contributed by atoms with Crippen molar-refractivity contribution in [1.29, 1.82) is 0 Å². The van der Waals surface area contributed by atoms with E-state index in [1.54, 1.807) is 0 Å². The zero-order valence-corrected chi connectivity index (χ0v) is 13.5. The van der Waals surface area contributed by atoms with Crippen LogP contribution < -0.4 is 10.6 Å². The van der Waals surface area contributed by atoms with E-state index in [4.69, 9.17) is 0 Å². The monoisotopic (exact) mass is 288 g/mol. The Morgan fingerprint density at radius 1 is 1.10 bits per heavy atom. The molecule has 0 aromatic carbocycles. The maximum Gasteiger partial charge on any atom is 0.135 e. The molecule has 2 N–H and O–H groups in total. The smallest absolute Gasteiger partial charge is 0.135 e. The molecule has 2 aromatic rings. The van der Waals surface area contributed by atoms with Gasteiger partial charge in [-0.2, -0.15) is 5.10 Å². The third kappa shape index (κ3) is 3.51. The molecular weight excluding hydrogens is 264 g/mol. The number of hydrogen-bond acceptors (Lipinski definition) is 5. The maximum atomic E-state index is 4.50. The lowest BCUT2D eigenvalue weighted by Crippen LogP contribution is -2.10. The number of aromatic nitrogens is 4. The lowest BCUT2D eigenvalue weighted by atomic mass is 10.2. The van der Waals surface area contributed by atoms with Gasteiger partial charge in [0.2, 0.25) is 0 Å². The predicted octanol–water partition coefficient (Wildman–Crippen LogP) is 2.43. The van der Waals surface area contributed by atoms with E-state index < -0.39 is 0 Å². The Balaban J connectivity index is 2.19. The number of nitrogens with one attached hydrogen (secondary N) is 2. The number of hydrogen-bond donors (Lipinski definition) is 2. The lowest BCUT2D eigenvalue weighted by molar-refractivity contribution is 0.746. The Morgan fingerprint density at radius 3 is 2.38 bits per heavy atom. The van der Waals surface area contributed by atoms with Crippen molar-refractivity contribution in [2.45, 2.75) is 40.7 Å². The zero-order chi connectivity index (χ0) is 15.4. The van der Waals surface area contributed by atoms with Crippen molar-refractivity contribution in [3.8, 4) is 0 Å². The summed E-state index contributed by atoms with van der Waals surface area (Å²) in [4.78, 5) is 8.94. The first-order valence-corrected chi connectivity index (χ1v) is 7.39. The average Bonchev–Trinajstić information content (AvgIpc) is 2.81. The highest BCUT2D eigenvalue weighted by molar-refractivity contribution is 5.57. The van der Waals surface area contributed by atoms with Gasteiger partial charge in [0.25, 0.3) is 0 Å². The summed E-state index contributed by atoms with van der Waals surface area (Å²) in [5.74, 6) is 2.54. The minimum Gasteiger partial charge on any atom is -0.370 e. The van der Waals surface area contributed by atoms with E-state index in [1.165, 1.54) is 5.56 Å². The highest BCUT2D eigenvalue weighted by Crippen LogP contribution is 2.20. The molecule has 21 heavy (non-hydrogen) atoms. The Bertz CT molecular complexity index is 617. The van der Waals surface area contributed by atoms with E-state index in [0.717, 1.165) is 48.2 Å². The van der Waals surface area contributed by atoms with Crippen molar-refractivity contribution < 1.29 is 0 Å². The molecule has 0 saturated carbocycles. The molecular formula is C15H24N6. The first-order valence-electron chi connectivity index (χ1n) is 7.39. The third-order valence-corrected chi connectivity index (χ3v) is 3.37. The molecule has 0 aliphatic heterocycles. The number of aryl methyl sites for hydroxylation is 3. The Kier molecular flexibility index (Phi) is 4.77. The minimum atomic E-state index is 0.722. The number of anilines is 2. The van der Waals surface area contributed by atoms with Crippen LogP contribution in [0.4, 0.5) is 11.6 Å². The summed E-state index contributed by atoms with van der Waals surface area (Å²) >= 11 is 0. The van der Waals surface area contributed by atoms with Gasteiger partial charge in [0.05, 0.1) is 5.69 Å². The molecule has 0 unspecified atom stereocenters. The van der Waals surface area contributed by atoms with Crippen LogP contribution in [0.25, 0.3) is 0 Å². The molecule has 6 heteroatoms. The van der Waals surface area contributed by atoms with Crippen molar-refractivity contribution in [1.82, 2.24) is 19.7 Å². The van der Waals surface area contributed by atoms with Crippen LogP contribution in [-0.2, 0) is 20.0 Å². The minimum absolute atomic E-state index is 0.722. The van der Waals surface area contributed by atoms with Gasteiger partial charge in [0, 0.05) is 37.5 Å². The van der Waals surface area contributed by atoms with Crippen molar-refractivity contribution >= 4 is 11.6 Å². The molecule has 0 aliphatic rings. The van der Waals surface area contributed by atoms with Crippen molar-refractivity contribution in [3.05, 3.63) is 28.8 Å². The van der Waals surface area contributed by atoms with Gasteiger partial charge >= 0.3 is 0 Å². The molecule has 0 spiro atoms. The Labute approximate surface area is 126 Å². The van der Waals surface area contributed by atoms with Gasteiger partial charge in [-0.25, -0.2) is 9.97 Å². The lowest BCUT2D eigenvalue weighted by Gasteiger charge is -2.13. The molecule has 2 heterocycles. The topological polar surface area (TPSA) is 67.7 Å². The van der Waals surface area contributed by atoms with Crippen molar-refractivity contribution in [3.63, 3.8) is 0 Å². The van der Waals surface area contributed by atoms with Crippen LogP contribution in [0, 0.1) is 13.8 Å². The average molecular weight is 288 g/mol. The second-order valence-corrected chi connectivity index (χ2v) is 5.11. The molecule has 6 nitrogen and oxygen atoms in total. The van der Waals surface area contributed by atoms with Gasteiger partial charge in [-0.15, -0.1) is 0 Å². The van der Waals surface area contributed by atoms with Crippen LogP contribution >= 0.6 is 0 Å². The van der Waals surface area contributed by atoms with Crippen LogP contribution in [0.15, 0.2) is 6.20 Å². The molecule has 0 amide bonds. The van der Waals surface area contributed by atoms with Gasteiger partial charge < -0.3 is 10.6 Å². The van der Waals surface area contributed by atoms with Crippen LogP contribution in [0.3, 0.4) is 0 Å². The summed E-state index contributed by atoms with van der Waals surface area (Å²) in [5.41, 5.74) is 3.38. The molecule has 2 rings (SSSR count). The molecule has 0 aliphatic carbocycles. The maximum absolute atomic E-state index is 4.50. The first kappa shape index (κ1) is 15.3. The molecule has 0 saturated heterocycles. The van der Waals surface area contributed by atoms with Crippen LogP contribution in [-0.4, -0.2) is 26.3 Å². The fourth-order valence-corrected chi connectivity index (χ4v) is 2.35. The molecule has 0 bridgehead atoms. The summed E-state index contributed by atoms with van der Waals surface area (Å²) in [6.45, 7) is 9.69. The number of rotatable bonds is 6. The van der Waals surface area contributed by atoms with Gasteiger partial charge in [-0.3, -0.25) is 4.68 Å². The van der Waals surface area contributed by atoms with Gasteiger partial charge in [-0.05, 0) is 27.2 Å². The largest absolute Gasteiger partial charge is 0.370 e. The van der Waals surface area contributed by atoms with Crippen LogP contribution in [0.1, 0.15) is 36.5 Å². The fraction of sp³-hybridized carbons (Fsp3) is 0.533. The van der Waals surface area contributed by atoms with E-state index >= 15 is 0 Å². The van der Waals surface area contributed by atoms with E-state index in [1.807, 2.05) is 25.6 Å². The molecule has 0 radical (unpaired) electrons. The van der Waals surface area contributed by atoms with Gasteiger partial charge in [0.1, 0.15) is 17.5 Å². The third-order valence-electron chi connectivity index (χ3n) is 3.37.